The highest BCUT2D eigenvalue weighted by molar-refractivity contribution is 6.31. The van der Waals surface area contributed by atoms with E-state index in [2.05, 4.69) is 26.5 Å². The predicted molar refractivity (Wildman–Crippen MR) is 120 cm³/mol. The van der Waals surface area contributed by atoms with Crippen LogP contribution in [0.4, 0.5) is 0 Å². The number of carbonyl (C=O) groups excluding carboxylic acids is 1. The van der Waals surface area contributed by atoms with Crippen LogP contribution >= 0.6 is 23.2 Å². The summed E-state index contributed by atoms with van der Waals surface area (Å²) < 4.78 is 1.66. The largest absolute Gasteiger partial charge is 0.340 e. The Hall–Kier alpha value is -2.48. The molecule has 162 valence electrons. The maximum Gasteiger partial charge on any atom is 0.223 e. The van der Waals surface area contributed by atoms with Crippen LogP contribution in [0.2, 0.25) is 10.0 Å². The van der Waals surface area contributed by atoms with Gasteiger partial charge in [0.2, 0.25) is 5.91 Å². The zero-order valence-corrected chi connectivity index (χ0v) is 18.6. The number of rotatable bonds is 7. The third-order valence-corrected chi connectivity index (χ3v) is 6.26. The lowest BCUT2D eigenvalue weighted by molar-refractivity contribution is -0.133. The lowest BCUT2D eigenvalue weighted by Crippen LogP contribution is -2.48. The smallest absolute Gasteiger partial charge is 0.223 e. The average Bonchev–Trinajstić information content (AvgIpc) is 3.29. The van der Waals surface area contributed by atoms with Gasteiger partial charge >= 0.3 is 0 Å². The summed E-state index contributed by atoms with van der Waals surface area (Å²) in [4.78, 5) is 17.4. The first-order valence-corrected chi connectivity index (χ1v) is 11.0. The van der Waals surface area contributed by atoms with Gasteiger partial charge in [0.1, 0.15) is 6.33 Å². The van der Waals surface area contributed by atoms with Crippen LogP contribution in [0, 0.1) is 0 Å². The summed E-state index contributed by atoms with van der Waals surface area (Å²) in [6.45, 7) is 4.41. The summed E-state index contributed by atoms with van der Waals surface area (Å²) in [7, 11) is 0. The number of benzene rings is 2. The van der Waals surface area contributed by atoms with Crippen LogP contribution in [0.5, 0.6) is 0 Å². The van der Waals surface area contributed by atoms with Crippen LogP contribution in [-0.2, 0) is 17.9 Å². The summed E-state index contributed by atoms with van der Waals surface area (Å²) in [6, 6.07) is 15.5. The number of hydrogen-bond acceptors (Lipinski definition) is 5. The summed E-state index contributed by atoms with van der Waals surface area (Å²) in [6.07, 6.45) is 1.97. The van der Waals surface area contributed by atoms with E-state index in [4.69, 9.17) is 23.2 Å². The lowest BCUT2D eigenvalue weighted by Gasteiger charge is -2.35. The molecule has 1 aliphatic rings. The third kappa shape index (κ3) is 5.81. The van der Waals surface area contributed by atoms with Gasteiger partial charge in [0.25, 0.3) is 0 Å². The topological polar surface area (TPSA) is 67.2 Å². The minimum atomic E-state index is -0.0329. The fraction of sp³-hybridized carbons (Fsp3) is 0.364. The Bertz CT molecular complexity index is 988. The molecular formula is C22H24Cl2N6O. The van der Waals surface area contributed by atoms with Gasteiger partial charge in [-0.3, -0.25) is 9.69 Å². The normalized spacial score (nSPS) is 15.7. The number of piperazine rings is 1. The molecule has 1 saturated heterocycles. The fourth-order valence-electron chi connectivity index (χ4n) is 3.88. The second kappa shape index (κ2) is 10.2. The Balaban J connectivity index is 1.36. The zero-order chi connectivity index (χ0) is 21.6. The van der Waals surface area contributed by atoms with Gasteiger partial charge in [-0.1, -0.05) is 53.5 Å². The first-order valence-electron chi connectivity index (χ1n) is 10.3. The predicted octanol–water partition coefficient (Wildman–Crippen LogP) is 3.50. The second-order valence-corrected chi connectivity index (χ2v) is 8.58. The van der Waals surface area contributed by atoms with E-state index in [0.717, 1.165) is 35.8 Å². The van der Waals surface area contributed by atoms with Gasteiger partial charge in [-0.05, 0) is 39.8 Å². The SMILES string of the molecule is O=C(C[C@@H](Cn1cnnn1)c1ccc(Cl)cc1)N1CCN(Cc2ccccc2Cl)CC1. The van der Waals surface area contributed by atoms with Gasteiger partial charge in [0.15, 0.2) is 0 Å². The number of amides is 1. The molecule has 0 N–H and O–H groups in total. The van der Waals surface area contributed by atoms with Gasteiger partial charge in [-0.25, -0.2) is 4.68 Å². The molecule has 0 bridgehead atoms. The fourth-order valence-corrected chi connectivity index (χ4v) is 4.20. The number of halogens is 2. The lowest BCUT2D eigenvalue weighted by atomic mass is 9.95. The summed E-state index contributed by atoms with van der Waals surface area (Å²) in [5.41, 5.74) is 2.17. The van der Waals surface area contributed by atoms with Crippen molar-refractivity contribution in [3.8, 4) is 0 Å². The molecule has 0 spiro atoms. The number of hydrogen-bond donors (Lipinski definition) is 0. The van der Waals surface area contributed by atoms with Crippen LogP contribution in [0.25, 0.3) is 0 Å². The van der Waals surface area contributed by atoms with Crippen LogP contribution in [0.15, 0.2) is 54.9 Å². The quantitative estimate of drug-likeness (QED) is 0.541. The molecule has 1 fully saturated rings. The van der Waals surface area contributed by atoms with Crippen molar-refractivity contribution in [1.82, 2.24) is 30.0 Å². The Kier molecular flexibility index (Phi) is 7.17. The Morgan fingerprint density at radius 3 is 2.42 bits per heavy atom. The maximum atomic E-state index is 13.1. The number of carbonyl (C=O) groups is 1. The molecule has 0 radical (unpaired) electrons. The Labute approximate surface area is 191 Å². The van der Waals surface area contributed by atoms with E-state index in [0.29, 0.717) is 31.1 Å². The van der Waals surface area contributed by atoms with Crippen molar-refractivity contribution < 1.29 is 4.79 Å². The molecular weight excluding hydrogens is 435 g/mol. The van der Waals surface area contributed by atoms with Crippen molar-refractivity contribution in [3.05, 3.63) is 76.0 Å². The zero-order valence-electron chi connectivity index (χ0n) is 17.1. The van der Waals surface area contributed by atoms with Crippen LogP contribution in [0.3, 0.4) is 0 Å². The molecule has 1 aliphatic heterocycles. The monoisotopic (exact) mass is 458 g/mol. The van der Waals surface area contributed by atoms with Crippen molar-refractivity contribution >= 4 is 29.1 Å². The van der Waals surface area contributed by atoms with Gasteiger partial charge in [0.05, 0.1) is 6.54 Å². The van der Waals surface area contributed by atoms with Crippen molar-refractivity contribution in [3.63, 3.8) is 0 Å². The van der Waals surface area contributed by atoms with Gasteiger partial charge < -0.3 is 4.90 Å². The van der Waals surface area contributed by atoms with Crippen molar-refractivity contribution in [1.29, 1.82) is 0 Å². The number of tetrazole rings is 1. The molecule has 7 nitrogen and oxygen atoms in total. The summed E-state index contributed by atoms with van der Waals surface area (Å²) in [5.74, 6) is 0.111. The highest BCUT2D eigenvalue weighted by Crippen LogP contribution is 2.25. The molecule has 1 amide bonds. The molecule has 31 heavy (non-hydrogen) atoms. The Morgan fingerprint density at radius 2 is 1.74 bits per heavy atom. The van der Waals surface area contributed by atoms with Gasteiger partial charge in [-0.2, -0.15) is 0 Å². The minimum Gasteiger partial charge on any atom is -0.340 e. The molecule has 4 rings (SSSR count). The molecule has 1 atom stereocenters. The molecule has 9 heteroatoms. The summed E-state index contributed by atoms with van der Waals surface area (Å²) in [5, 5.41) is 12.8. The standard InChI is InChI=1S/C22H24Cl2N6O/c23-20-7-5-17(6-8-20)19(15-30-16-25-26-27-30)13-22(31)29-11-9-28(10-12-29)14-18-3-1-2-4-21(18)24/h1-8,16,19H,9-15H2/t19-/m0/s1. The highest BCUT2D eigenvalue weighted by Gasteiger charge is 2.25. The van der Waals surface area contributed by atoms with Crippen LogP contribution < -0.4 is 0 Å². The first-order chi connectivity index (χ1) is 15.1. The van der Waals surface area contributed by atoms with E-state index in [1.54, 1.807) is 11.0 Å². The van der Waals surface area contributed by atoms with Gasteiger partial charge in [0, 0.05) is 55.1 Å². The van der Waals surface area contributed by atoms with E-state index in [-0.39, 0.29) is 11.8 Å². The average molecular weight is 459 g/mol. The minimum absolute atomic E-state index is 0.0329. The molecule has 0 aliphatic carbocycles. The van der Waals surface area contributed by atoms with Crippen LogP contribution in [0.1, 0.15) is 23.5 Å². The molecule has 2 aromatic carbocycles. The highest BCUT2D eigenvalue weighted by atomic mass is 35.5. The van der Waals surface area contributed by atoms with Crippen LogP contribution in [-0.4, -0.2) is 62.1 Å². The second-order valence-electron chi connectivity index (χ2n) is 7.73. The first kappa shape index (κ1) is 21.7. The van der Waals surface area contributed by atoms with Crippen molar-refractivity contribution in [2.24, 2.45) is 0 Å². The van der Waals surface area contributed by atoms with E-state index >= 15 is 0 Å². The van der Waals surface area contributed by atoms with Crippen molar-refractivity contribution in [2.75, 3.05) is 26.2 Å². The van der Waals surface area contributed by atoms with Crippen molar-refractivity contribution in [2.45, 2.75) is 25.4 Å². The molecule has 2 heterocycles. The Morgan fingerprint density at radius 1 is 1.00 bits per heavy atom. The molecule has 1 aromatic heterocycles. The number of nitrogens with zero attached hydrogens (tertiary/aromatic N) is 6. The molecule has 3 aromatic rings. The third-order valence-electron chi connectivity index (χ3n) is 5.64. The van der Waals surface area contributed by atoms with E-state index < -0.39 is 0 Å². The maximum absolute atomic E-state index is 13.1. The van der Waals surface area contributed by atoms with Gasteiger partial charge in [-0.15, -0.1) is 5.10 Å². The molecule has 0 saturated carbocycles. The summed E-state index contributed by atoms with van der Waals surface area (Å²) >= 11 is 12.3. The number of aromatic nitrogens is 4. The molecule has 0 unspecified atom stereocenters. The van der Waals surface area contributed by atoms with E-state index in [1.807, 2.05) is 47.4 Å². The van der Waals surface area contributed by atoms with E-state index in [1.165, 1.54) is 0 Å². The van der Waals surface area contributed by atoms with E-state index in [9.17, 15) is 4.79 Å².